The lowest BCUT2D eigenvalue weighted by Crippen LogP contribution is -2.23. The van der Waals surface area contributed by atoms with Crippen LogP contribution in [0.2, 0.25) is 5.02 Å². The fourth-order valence-corrected chi connectivity index (χ4v) is 2.60. The van der Waals surface area contributed by atoms with Crippen LogP contribution in [0.25, 0.3) is 11.1 Å². The largest absolute Gasteiger partial charge is 0.481 e. The molecule has 2 atom stereocenters. The number of fused-ring (bicyclic) bond motifs is 1. The third-order valence-corrected chi connectivity index (χ3v) is 3.67. The summed E-state index contributed by atoms with van der Waals surface area (Å²) in [5.41, 5.74) is 1.30. The van der Waals surface area contributed by atoms with Gasteiger partial charge in [0.2, 0.25) is 0 Å². The Labute approximate surface area is 114 Å². The van der Waals surface area contributed by atoms with Gasteiger partial charge in [-0.05, 0) is 31.0 Å². The van der Waals surface area contributed by atoms with Crippen LogP contribution in [-0.2, 0) is 4.79 Å². The number of benzene rings is 1. The molecule has 0 spiro atoms. The maximum Gasteiger partial charge on any atom is 0.307 e. The van der Waals surface area contributed by atoms with Gasteiger partial charge in [0.25, 0.3) is 0 Å². The van der Waals surface area contributed by atoms with Crippen molar-refractivity contribution in [3.63, 3.8) is 0 Å². The molecule has 1 aliphatic rings. The zero-order valence-electron chi connectivity index (χ0n) is 10.0. The number of carbonyl (C=O) groups is 1. The van der Waals surface area contributed by atoms with Gasteiger partial charge < -0.3 is 9.52 Å². The Kier molecular flexibility index (Phi) is 3.03. The minimum absolute atomic E-state index is 0.214. The van der Waals surface area contributed by atoms with E-state index >= 15 is 0 Å². The predicted molar refractivity (Wildman–Crippen MR) is 71.3 cm³/mol. The van der Waals surface area contributed by atoms with Crippen LogP contribution in [0.1, 0.15) is 24.7 Å². The number of rotatable bonds is 2. The topological polar surface area (TPSA) is 63.3 Å². The van der Waals surface area contributed by atoms with E-state index < -0.39 is 11.9 Å². The number of hydrogen-bond acceptors (Lipinski definition) is 3. The summed E-state index contributed by atoms with van der Waals surface area (Å²) in [5.74, 6) is -1.02. The summed E-state index contributed by atoms with van der Waals surface area (Å²) in [6.45, 7) is 0. The number of allylic oxidation sites excluding steroid dienone is 2. The van der Waals surface area contributed by atoms with E-state index in [2.05, 4.69) is 4.98 Å². The number of aromatic nitrogens is 1. The lowest BCUT2D eigenvalue weighted by Gasteiger charge is -2.21. The van der Waals surface area contributed by atoms with Crippen molar-refractivity contribution in [2.45, 2.75) is 18.8 Å². The molecule has 5 heteroatoms. The van der Waals surface area contributed by atoms with Crippen LogP contribution in [0.15, 0.2) is 34.8 Å². The van der Waals surface area contributed by atoms with Gasteiger partial charge in [0.1, 0.15) is 5.52 Å². The van der Waals surface area contributed by atoms with Gasteiger partial charge in [-0.25, -0.2) is 4.98 Å². The smallest absolute Gasteiger partial charge is 0.307 e. The van der Waals surface area contributed by atoms with Crippen molar-refractivity contribution < 1.29 is 14.3 Å². The molecule has 0 radical (unpaired) electrons. The summed E-state index contributed by atoms with van der Waals surface area (Å²) < 4.78 is 5.68. The summed E-state index contributed by atoms with van der Waals surface area (Å²) in [5, 5.41) is 9.85. The number of nitrogens with zero attached hydrogens (tertiary/aromatic N) is 1. The van der Waals surface area contributed by atoms with Crippen molar-refractivity contribution in [1.82, 2.24) is 4.98 Å². The first-order valence-corrected chi connectivity index (χ1v) is 6.47. The third kappa shape index (κ3) is 2.24. The second kappa shape index (κ2) is 4.70. The number of hydrogen-bond donors (Lipinski definition) is 1. The highest BCUT2D eigenvalue weighted by Gasteiger charge is 2.33. The van der Waals surface area contributed by atoms with E-state index in [9.17, 15) is 9.90 Å². The van der Waals surface area contributed by atoms with Crippen molar-refractivity contribution in [1.29, 1.82) is 0 Å². The summed E-state index contributed by atoms with van der Waals surface area (Å²) in [7, 11) is 0. The first-order valence-electron chi connectivity index (χ1n) is 6.09. The molecule has 1 heterocycles. The molecular formula is C14H12ClNO3. The minimum atomic E-state index is -0.811. The Bertz CT molecular complexity index is 662. The van der Waals surface area contributed by atoms with E-state index in [0.29, 0.717) is 34.9 Å². The molecule has 2 aromatic rings. The van der Waals surface area contributed by atoms with Gasteiger partial charge in [-0.1, -0.05) is 23.8 Å². The zero-order chi connectivity index (χ0) is 13.4. The van der Waals surface area contributed by atoms with Gasteiger partial charge >= 0.3 is 5.97 Å². The van der Waals surface area contributed by atoms with Gasteiger partial charge in [0.15, 0.2) is 11.5 Å². The van der Waals surface area contributed by atoms with Gasteiger partial charge in [0.05, 0.1) is 11.8 Å². The van der Waals surface area contributed by atoms with Crippen molar-refractivity contribution >= 4 is 28.7 Å². The van der Waals surface area contributed by atoms with Crippen LogP contribution >= 0.6 is 11.6 Å². The molecule has 0 saturated heterocycles. The fourth-order valence-electron chi connectivity index (χ4n) is 2.44. The SMILES string of the molecule is O=C(O)[C@H]1CC=CC[C@H]1c1nc2cc(Cl)ccc2o1. The molecule has 98 valence electrons. The molecule has 1 aliphatic carbocycles. The second-order valence-electron chi connectivity index (χ2n) is 4.66. The van der Waals surface area contributed by atoms with Crippen molar-refractivity contribution in [2.75, 3.05) is 0 Å². The zero-order valence-corrected chi connectivity index (χ0v) is 10.8. The molecule has 0 bridgehead atoms. The first-order chi connectivity index (χ1) is 9.15. The van der Waals surface area contributed by atoms with E-state index in [1.165, 1.54) is 0 Å². The third-order valence-electron chi connectivity index (χ3n) is 3.43. The molecule has 1 N–H and O–H groups in total. The van der Waals surface area contributed by atoms with Crippen LogP contribution in [0.3, 0.4) is 0 Å². The minimum Gasteiger partial charge on any atom is -0.481 e. The predicted octanol–water partition coefficient (Wildman–Crippen LogP) is 3.62. The molecule has 0 unspecified atom stereocenters. The maximum atomic E-state index is 11.3. The van der Waals surface area contributed by atoms with Crippen molar-refractivity contribution in [3.8, 4) is 0 Å². The van der Waals surface area contributed by atoms with Crippen LogP contribution in [0.5, 0.6) is 0 Å². The van der Waals surface area contributed by atoms with Crippen LogP contribution < -0.4 is 0 Å². The Morgan fingerprint density at radius 2 is 2.16 bits per heavy atom. The van der Waals surface area contributed by atoms with E-state index in [-0.39, 0.29) is 5.92 Å². The number of halogens is 1. The maximum absolute atomic E-state index is 11.3. The van der Waals surface area contributed by atoms with Gasteiger partial charge in [-0.15, -0.1) is 0 Å². The Balaban J connectivity index is 2.02. The molecule has 0 aliphatic heterocycles. The number of aliphatic carboxylic acids is 1. The molecule has 0 amide bonds. The number of oxazole rings is 1. The van der Waals surface area contributed by atoms with E-state index in [0.717, 1.165) is 0 Å². The van der Waals surface area contributed by atoms with Crippen molar-refractivity contribution in [3.05, 3.63) is 41.3 Å². The Morgan fingerprint density at radius 3 is 2.95 bits per heavy atom. The highest BCUT2D eigenvalue weighted by atomic mass is 35.5. The van der Waals surface area contributed by atoms with Crippen molar-refractivity contribution in [2.24, 2.45) is 5.92 Å². The van der Waals surface area contributed by atoms with E-state index in [1.54, 1.807) is 18.2 Å². The van der Waals surface area contributed by atoms with Gasteiger partial charge in [0, 0.05) is 5.02 Å². The van der Waals surface area contributed by atoms with Gasteiger partial charge in [-0.3, -0.25) is 4.79 Å². The molecule has 4 nitrogen and oxygen atoms in total. The van der Waals surface area contributed by atoms with E-state index in [1.807, 2.05) is 12.2 Å². The second-order valence-corrected chi connectivity index (χ2v) is 5.09. The summed E-state index contributed by atoms with van der Waals surface area (Å²) >= 11 is 5.91. The number of carboxylic acid groups (broad SMARTS) is 1. The molecule has 1 aromatic heterocycles. The lowest BCUT2D eigenvalue weighted by atomic mass is 9.83. The fraction of sp³-hybridized carbons (Fsp3) is 0.286. The Hall–Kier alpha value is -1.81. The standard InChI is InChI=1S/C14H12ClNO3/c15-8-5-6-12-11(7-8)16-13(19-12)9-3-1-2-4-10(9)14(17)18/h1-2,5-7,9-10H,3-4H2,(H,17,18)/t9-,10+/m1/s1. The molecule has 19 heavy (non-hydrogen) atoms. The van der Waals surface area contributed by atoms with E-state index in [4.69, 9.17) is 16.0 Å². The van der Waals surface area contributed by atoms with Crippen LogP contribution in [0, 0.1) is 5.92 Å². The lowest BCUT2D eigenvalue weighted by molar-refractivity contribution is -0.142. The monoisotopic (exact) mass is 277 g/mol. The molecule has 1 aromatic carbocycles. The van der Waals surface area contributed by atoms with Gasteiger partial charge in [-0.2, -0.15) is 0 Å². The Morgan fingerprint density at radius 1 is 1.37 bits per heavy atom. The average molecular weight is 278 g/mol. The quantitative estimate of drug-likeness (QED) is 0.852. The highest BCUT2D eigenvalue weighted by molar-refractivity contribution is 6.31. The average Bonchev–Trinajstić information content (AvgIpc) is 2.81. The molecular weight excluding hydrogens is 266 g/mol. The first kappa shape index (κ1) is 12.2. The van der Waals surface area contributed by atoms with Crippen LogP contribution in [0.4, 0.5) is 0 Å². The number of carboxylic acids is 1. The highest BCUT2D eigenvalue weighted by Crippen LogP contribution is 2.36. The summed E-state index contributed by atoms with van der Waals surface area (Å²) in [6.07, 6.45) is 5.03. The molecule has 0 fully saturated rings. The summed E-state index contributed by atoms with van der Waals surface area (Å²) in [6, 6.07) is 5.20. The molecule has 3 rings (SSSR count). The molecule has 0 saturated carbocycles. The summed E-state index contributed by atoms with van der Waals surface area (Å²) in [4.78, 5) is 15.7. The normalized spacial score (nSPS) is 22.8. The van der Waals surface area contributed by atoms with Crippen LogP contribution in [-0.4, -0.2) is 16.1 Å².